The van der Waals surface area contributed by atoms with Gasteiger partial charge in [-0.2, -0.15) is 0 Å². The summed E-state index contributed by atoms with van der Waals surface area (Å²) in [6.07, 6.45) is 0.0900. The van der Waals surface area contributed by atoms with Crippen molar-refractivity contribution in [3.05, 3.63) is 68.7 Å². The molecule has 156 valence electrons. The number of rotatable bonds is 8. The molecule has 0 saturated heterocycles. The third-order valence-corrected chi connectivity index (χ3v) is 5.46. The summed E-state index contributed by atoms with van der Waals surface area (Å²) in [5, 5.41) is 4.36. The highest BCUT2D eigenvalue weighted by Gasteiger charge is 2.27. The van der Waals surface area contributed by atoms with Crippen LogP contribution in [0.15, 0.2) is 42.5 Å². The Balaban J connectivity index is 2.27. The molecule has 0 heterocycles. The molecule has 0 bridgehead atoms. The van der Waals surface area contributed by atoms with Crippen LogP contribution in [0.2, 0.25) is 15.1 Å². The fourth-order valence-corrected chi connectivity index (χ4v) is 3.45. The summed E-state index contributed by atoms with van der Waals surface area (Å²) in [5.74, 6) is -0.114. The van der Waals surface area contributed by atoms with Gasteiger partial charge in [-0.25, -0.2) is 0 Å². The van der Waals surface area contributed by atoms with Gasteiger partial charge < -0.3 is 10.2 Å². The van der Waals surface area contributed by atoms with Crippen LogP contribution in [0.1, 0.15) is 31.9 Å². The predicted octanol–water partition coefficient (Wildman–Crippen LogP) is 5.38. The Morgan fingerprint density at radius 1 is 0.966 bits per heavy atom. The highest BCUT2D eigenvalue weighted by molar-refractivity contribution is 6.35. The number of nitrogens with zero attached hydrogens (tertiary/aromatic N) is 1. The van der Waals surface area contributed by atoms with Crippen molar-refractivity contribution in [2.75, 3.05) is 6.54 Å². The summed E-state index contributed by atoms with van der Waals surface area (Å²) in [6, 6.07) is 11.6. The molecule has 29 heavy (non-hydrogen) atoms. The van der Waals surface area contributed by atoms with E-state index in [1.165, 1.54) is 4.90 Å². The van der Waals surface area contributed by atoms with Crippen molar-refractivity contribution < 1.29 is 9.59 Å². The van der Waals surface area contributed by atoms with Crippen LogP contribution in [0, 0.1) is 5.92 Å². The normalized spacial score (nSPS) is 12.0. The molecule has 7 heteroatoms. The Morgan fingerprint density at radius 3 is 2.28 bits per heavy atom. The largest absolute Gasteiger partial charge is 0.354 e. The van der Waals surface area contributed by atoms with Gasteiger partial charge in [-0.1, -0.05) is 72.9 Å². The van der Waals surface area contributed by atoms with E-state index < -0.39 is 6.04 Å². The average molecular weight is 456 g/mol. The van der Waals surface area contributed by atoms with E-state index in [-0.39, 0.29) is 24.8 Å². The molecule has 0 aliphatic carbocycles. The maximum Gasteiger partial charge on any atom is 0.242 e. The van der Waals surface area contributed by atoms with Gasteiger partial charge in [0.25, 0.3) is 0 Å². The van der Waals surface area contributed by atoms with Crippen LogP contribution in [0.3, 0.4) is 0 Å². The highest BCUT2D eigenvalue weighted by Crippen LogP contribution is 2.24. The van der Waals surface area contributed by atoms with E-state index in [4.69, 9.17) is 34.8 Å². The smallest absolute Gasteiger partial charge is 0.242 e. The van der Waals surface area contributed by atoms with Gasteiger partial charge in [0.2, 0.25) is 11.8 Å². The maximum absolute atomic E-state index is 13.1. The number of carbonyl (C=O) groups is 2. The molecule has 0 aliphatic heterocycles. The molecule has 0 aliphatic rings. The molecule has 1 atom stereocenters. The van der Waals surface area contributed by atoms with Crippen LogP contribution in [0.25, 0.3) is 0 Å². The van der Waals surface area contributed by atoms with E-state index in [0.717, 1.165) is 0 Å². The van der Waals surface area contributed by atoms with Crippen LogP contribution in [0.4, 0.5) is 0 Å². The van der Waals surface area contributed by atoms with Gasteiger partial charge in [0.1, 0.15) is 6.04 Å². The second-order valence-electron chi connectivity index (χ2n) is 7.34. The fourth-order valence-electron chi connectivity index (χ4n) is 2.77. The van der Waals surface area contributed by atoms with Gasteiger partial charge in [-0.15, -0.1) is 0 Å². The van der Waals surface area contributed by atoms with Crippen LogP contribution in [0.5, 0.6) is 0 Å². The number of halogens is 3. The SMILES string of the molecule is CC(C)CNC(=O)C(C)N(Cc1ccc(Cl)cc1Cl)C(=O)Cc1ccccc1Cl. The molecule has 0 saturated carbocycles. The fraction of sp³-hybridized carbons (Fsp3) is 0.364. The molecule has 0 fully saturated rings. The monoisotopic (exact) mass is 454 g/mol. The Hall–Kier alpha value is -1.75. The third-order valence-electron chi connectivity index (χ3n) is 4.51. The van der Waals surface area contributed by atoms with E-state index in [1.54, 1.807) is 37.3 Å². The van der Waals surface area contributed by atoms with Crippen molar-refractivity contribution >= 4 is 46.6 Å². The summed E-state index contributed by atoms with van der Waals surface area (Å²) < 4.78 is 0. The number of carbonyl (C=O) groups excluding carboxylic acids is 2. The van der Waals surface area contributed by atoms with E-state index >= 15 is 0 Å². The lowest BCUT2D eigenvalue weighted by atomic mass is 10.1. The first kappa shape index (κ1) is 23.5. The van der Waals surface area contributed by atoms with Crippen LogP contribution in [-0.2, 0) is 22.6 Å². The zero-order chi connectivity index (χ0) is 21.6. The minimum absolute atomic E-state index is 0.0900. The lowest BCUT2D eigenvalue weighted by Crippen LogP contribution is -2.48. The zero-order valence-electron chi connectivity index (χ0n) is 16.7. The van der Waals surface area contributed by atoms with Gasteiger partial charge in [-0.3, -0.25) is 9.59 Å². The van der Waals surface area contributed by atoms with Gasteiger partial charge >= 0.3 is 0 Å². The average Bonchev–Trinajstić information content (AvgIpc) is 2.66. The summed E-state index contributed by atoms with van der Waals surface area (Å²) in [5.41, 5.74) is 1.42. The van der Waals surface area contributed by atoms with Gasteiger partial charge in [0, 0.05) is 28.2 Å². The molecule has 4 nitrogen and oxygen atoms in total. The summed E-state index contributed by atoms with van der Waals surface area (Å²) in [4.78, 5) is 27.3. The number of hydrogen-bond acceptors (Lipinski definition) is 2. The Kier molecular flexibility index (Phi) is 8.81. The zero-order valence-corrected chi connectivity index (χ0v) is 19.0. The maximum atomic E-state index is 13.1. The first-order valence-electron chi connectivity index (χ1n) is 9.43. The first-order chi connectivity index (χ1) is 13.7. The Labute approximate surface area is 187 Å². The number of nitrogens with one attached hydrogen (secondary N) is 1. The summed E-state index contributed by atoms with van der Waals surface area (Å²) in [6.45, 7) is 6.47. The molecular formula is C22H25Cl3N2O2. The lowest BCUT2D eigenvalue weighted by Gasteiger charge is -2.29. The standard InChI is InChI=1S/C22H25Cl3N2O2/c1-14(2)12-26-22(29)15(3)27(13-17-8-9-18(23)11-20(17)25)21(28)10-16-6-4-5-7-19(16)24/h4-9,11,14-15H,10,12-13H2,1-3H3,(H,26,29). The van der Waals surface area contributed by atoms with Crippen molar-refractivity contribution in [1.29, 1.82) is 0 Å². The number of hydrogen-bond donors (Lipinski definition) is 1. The molecule has 0 radical (unpaired) electrons. The molecule has 1 N–H and O–H groups in total. The summed E-state index contributed by atoms with van der Waals surface area (Å²) in [7, 11) is 0. The molecular weight excluding hydrogens is 431 g/mol. The molecule has 2 amide bonds. The number of benzene rings is 2. The van der Waals surface area contributed by atoms with Crippen LogP contribution in [-0.4, -0.2) is 29.3 Å². The molecule has 2 aromatic carbocycles. The quantitative estimate of drug-likeness (QED) is 0.581. The van der Waals surface area contributed by atoms with Gasteiger partial charge in [0.15, 0.2) is 0 Å². The van der Waals surface area contributed by atoms with Crippen molar-refractivity contribution in [3.8, 4) is 0 Å². The lowest BCUT2D eigenvalue weighted by molar-refractivity contribution is -0.140. The topological polar surface area (TPSA) is 49.4 Å². The number of amides is 2. The van der Waals surface area contributed by atoms with Crippen molar-refractivity contribution in [2.45, 2.75) is 39.8 Å². The van der Waals surface area contributed by atoms with E-state index in [1.807, 2.05) is 26.0 Å². The van der Waals surface area contributed by atoms with Crippen molar-refractivity contribution in [3.63, 3.8) is 0 Å². The highest BCUT2D eigenvalue weighted by atomic mass is 35.5. The second-order valence-corrected chi connectivity index (χ2v) is 8.59. The molecule has 2 rings (SSSR count). The van der Waals surface area contributed by atoms with Gasteiger partial charge in [0.05, 0.1) is 6.42 Å². The van der Waals surface area contributed by atoms with Crippen LogP contribution >= 0.6 is 34.8 Å². The van der Waals surface area contributed by atoms with E-state index in [2.05, 4.69) is 5.32 Å². The van der Waals surface area contributed by atoms with Gasteiger partial charge in [-0.05, 0) is 42.2 Å². The Morgan fingerprint density at radius 2 is 1.66 bits per heavy atom. The molecule has 0 aromatic heterocycles. The predicted molar refractivity (Wildman–Crippen MR) is 119 cm³/mol. The third kappa shape index (κ3) is 6.91. The second kappa shape index (κ2) is 10.9. The molecule has 2 aromatic rings. The van der Waals surface area contributed by atoms with Crippen molar-refractivity contribution in [2.24, 2.45) is 5.92 Å². The van der Waals surface area contributed by atoms with Crippen LogP contribution < -0.4 is 5.32 Å². The first-order valence-corrected chi connectivity index (χ1v) is 10.6. The minimum Gasteiger partial charge on any atom is -0.354 e. The van der Waals surface area contributed by atoms with E-state index in [0.29, 0.717) is 38.7 Å². The summed E-state index contributed by atoms with van der Waals surface area (Å²) >= 11 is 18.5. The molecule has 1 unspecified atom stereocenters. The van der Waals surface area contributed by atoms with Crippen molar-refractivity contribution in [1.82, 2.24) is 10.2 Å². The minimum atomic E-state index is -0.671. The Bertz CT molecular complexity index is 871. The molecule has 0 spiro atoms. The van der Waals surface area contributed by atoms with E-state index in [9.17, 15) is 9.59 Å².